The predicted molar refractivity (Wildman–Crippen MR) is 139 cm³/mol. The van der Waals surface area contributed by atoms with E-state index in [2.05, 4.69) is 18.7 Å². The van der Waals surface area contributed by atoms with Gasteiger partial charge in [0.25, 0.3) is 0 Å². The van der Waals surface area contributed by atoms with E-state index in [1.807, 2.05) is 48.5 Å². The zero-order valence-corrected chi connectivity index (χ0v) is 21.1. The quantitative estimate of drug-likeness (QED) is 0.426. The van der Waals surface area contributed by atoms with E-state index in [-0.39, 0.29) is 30.6 Å². The number of hydrogen-bond donors (Lipinski definition) is 0. The summed E-state index contributed by atoms with van der Waals surface area (Å²) in [5.74, 6) is -0.460. The molecule has 3 aromatic rings. The van der Waals surface area contributed by atoms with Crippen LogP contribution in [0.4, 0.5) is 10.8 Å². The molecule has 0 aliphatic carbocycles. The topological polar surface area (TPSA) is 56.8 Å². The van der Waals surface area contributed by atoms with Gasteiger partial charge in [-0.2, -0.15) is 0 Å². The number of aromatic nitrogens is 1. The molecule has 2 aromatic carbocycles. The Hall–Kier alpha value is -2.19. The average Bonchev–Trinajstić information content (AvgIpc) is 3.40. The minimum atomic E-state index is -0.394. The van der Waals surface area contributed by atoms with Crippen LogP contribution in [0.15, 0.2) is 48.5 Å². The summed E-state index contributed by atoms with van der Waals surface area (Å²) >= 11 is 7.62. The molecule has 176 valence electrons. The third-order valence-corrected chi connectivity index (χ3v) is 7.19. The van der Waals surface area contributed by atoms with E-state index in [1.54, 1.807) is 9.80 Å². The SMILES string of the molecule is CCN(CC)CCN(C(=O)C1CC(=O)N(c2ccccc2)C1)c1nc2ccc(Cl)cc2s1.Cl. The number of nitrogens with zero attached hydrogens (tertiary/aromatic N) is 4. The molecule has 33 heavy (non-hydrogen) atoms. The molecule has 6 nitrogen and oxygen atoms in total. The number of rotatable bonds is 8. The minimum absolute atomic E-state index is 0. The van der Waals surface area contributed by atoms with Crippen LogP contribution in [0.2, 0.25) is 5.02 Å². The molecule has 9 heteroatoms. The van der Waals surface area contributed by atoms with Crippen LogP contribution in [0.5, 0.6) is 0 Å². The van der Waals surface area contributed by atoms with Crippen LogP contribution < -0.4 is 9.80 Å². The number of hydrogen-bond acceptors (Lipinski definition) is 5. The number of anilines is 2. The van der Waals surface area contributed by atoms with Gasteiger partial charge in [-0.15, -0.1) is 12.4 Å². The highest BCUT2D eigenvalue weighted by atomic mass is 35.5. The predicted octanol–water partition coefficient (Wildman–Crippen LogP) is 5.10. The van der Waals surface area contributed by atoms with E-state index in [4.69, 9.17) is 16.6 Å². The first-order valence-electron chi connectivity index (χ1n) is 10.9. The number of fused-ring (bicyclic) bond motifs is 1. The number of likely N-dealkylation sites (N-methyl/N-ethyl adjacent to an activating group) is 1. The molecule has 0 N–H and O–H groups in total. The summed E-state index contributed by atoms with van der Waals surface area (Å²) in [6, 6.07) is 15.1. The fraction of sp³-hybridized carbons (Fsp3) is 0.375. The van der Waals surface area contributed by atoms with Crippen LogP contribution in [0.25, 0.3) is 10.2 Å². The molecule has 1 atom stereocenters. The number of para-hydroxylation sites is 1. The third-order valence-electron chi connectivity index (χ3n) is 5.91. The molecule has 0 bridgehead atoms. The molecular weight excluding hydrogens is 479 g/mol. The van der Waals surface area contributed by atoms with Crippen LogP contribution in [-0.4, -0.2) is 54.4 Å². The molecule has 0 spiro atoms. The van der Waals surface area contributed by atoms with Gasteiger partial charge in [-0.3, -0.25) is 14.5 Å². The van der Waals surface area contributed by atoms with Gasteiger partial charge in [0.2, 0.25) is 11.8 Å². The van der Waals surface area contributed by atoms with Crippen molar-refractivity contribution in [3.05, 3.63) is 53.6 Å². The van der Waals surface area contributed by atoms with Gasteiger partial charge in [0.15, 0.2) is 5.13 Å². The lowest BCUT2D eigenvalue weighted by atomic mass is 10.1. The van der Waals surface area contributed by atoms with Crippen molar-refractivity contribution in [2.24, 2.45) is 5.92 Å². The molecule has 2 heterocycles. The second-order valence-electron chi connectivity index (χ2n) is 7.87. The van der Waals surface area contributed by atoms with Crippen molar-refractivity contribution in [3.8, 4) is 0 Å². The monoisotopic (exact) mass is 506 g/mol. The van der Waals surface area contributed by atoms with E-state index < -0.39 is 5.92 Å². The maximum atomic E-state index is 13.7. The van der Waals surface area contributed by atoms with Gasteiger partial charge in [0.1, 0.15) is 0 Å². The van der Waals surface area contributed by atoms with E-state index in [9.17, 15) is 9.59 Å². The van der Waals surface area contributed by atoms with Crippen LogP contribution in [0.3, 0.4) is 0 Å². The van der Waals surface area contributed by atoms with Crippen molar-refractivity contribution in [3.63, 3.8) is 0 Å². The first kappa shape index (κ1) is 25.4. The van der Waals surface area contributed by atoms with Crippen molar-refractivity contribution in [2.45, 2.75) is 20.3 Å². The second kappa shape index (κ2) is 11.3. The summed E-state index contributed by atoms with van der Waals surface area (Å²) in [7, 11) is 0. The Morgan fingerprint density at radius 1 is 1.15 bits per heavy atom. The second-order valence-corrected chi connectivity index (χ2v) is 9.31. The van der Waals surface area contributed by atoms with E-state index in [0.717, 1.165) is 35.5 Å². The van der Waals surface area contributed by atoms with E-state index in [0.29, 0.717) is 23.2 Å². The van der Waals surface area contributed by atoms with Gasteiger partial charge >= 0.3 is 0 Å². The Morgan fingerprint density at radius 3 is 2.58 bits per heavy atom. The van der Waals surface area contributed by atoms with Crippen LogP contribution in [0, 0.1) is 5.92 Å². The van der Waals surface area contributed by atoms with Gasteiger partial charge in [-0.25, -0.2) is 4.98 Å². The third kappa shape index (κ3) is 5.66. The molecule has 0 saturated carbocycles. The summed E-state index contributed by atoms with van der Waals surface area (Å²) < 4.78 is 0.946. The molecular formula is C24H28Cl2N4O2S. The Morgan fingerprint density at radius 2 is 1.88 bits per heavy atom. The number of halogens is 2. The average molecular weight is 507 g/mol. The largest absolute Gasteiger partial charge is 0.312 e. The number of carbonyl (C=O) groups excluding carboxylic acids is 2. The lowest BCUT2D eigenvalue weighted by molar-refractivity contribution is -0.124. The Kier molecular flexibility index (Phi) is 8.70. The van der Waals surface area contributed by atoms with E-state index in [1.165, 1.54) is 11.3 Å². The van der Waals surface area contributed by atoms with Gasteiger partial charge in [0.05, 0.1) is 16.1 Å². The molecule has 1 saturated heterocycles. The molecule has 1 aromatic heterocycles. The standard InChI is InChI=1S/C24H27ClN4O2S.ClH/c1-3-27(4-2)12-13-28(24-26-20-11-10-18(25)15-21(20)32-24)23(31)17-14-22(30)29(16-17)19-8-6-5-7-9-19;/h5-11,15,17H,3-4,12-14,16H2,1-2H3;1H. The Labute approximate surface area is 209 Å². The Bertz CT molecular complexity index is 1100. The lowest BCUT2D eigenvalue weighted by Crippen LogP contribution is -2.42. The zero-order chi connectivity index (χ0) is 22.7. The molecule has 1 fully saturated rings. The van der Waals surface area contributed by atoms with Crippen LogP contribution >= 0.6 is 35.3 Å². The smallest absolute Gasteiger partial charge is 0.234 e. The van der Waals surface area contributed by atoms with Gasteiger partial charge in [-0.1, -0.05) is 55.0 Å². The molecule has 4 rings (SSSR count). The van der Waals surface area contributed by atoms with Crippen LogP contribution in [-0.2, 0) is 9.59 Å². The maximum Gasteiger partial charge on any atom is 0.234 e. The highest BCUT2D eigenvalue weighted by molar-refractivity contribution is 7.22. The molecule has 1 aliphatic heterocycles. The lowest BCUT2D eigenvalue weighted by Gasteiger charge is -2.26. The van der Waals surface area contributed by atoms with Gasteiger partial charge in [-0.05, 0) is 43.4 Å². The highest BCUT2D eigenvalue weighted by Crippen LogP contribution is 2.33. The highest BCUT2D eigenvalue weighted by Gasteiger charge is 2.38. The first-order valence-corrected chi connectivity index (χ1v) is 12.1. The normalized spacial score (nSPS) is 15.8. The maximum absolute atomic E-state index is 13.7. The first-order chi connectivity index (χ1) is 15.5. The number of thiazole rings is 1. The van der Waals surface area contributed by atoms with E-state index >= 15 is 0 Å². The molecule has 0 radical (unpaired) electrons. The molecule has 2 amide bonds. The molecule has 1 aliphatic rings. The summed E-state index contributed by atoms with van der Waals surface area (Å²) in [4.78, 5) is 36.9. The Balaban J connectivity index is 0.00000306. The fourth-order valence-electron chi connectivity index (χ4n) is 4.03. The van der Waals surface area contributed by atoms with Crippen molar-refractivity contribution in [2.75, 3.05) is 42.5 Å². The van der Waals surface area contributed by atoms with Gasteiger partial charge in [0, 0.05) is 36.8 Å². The van der Waals surface area contributed by atoms with Crippen LogP contribution in [0.1, 0.15) is 20.3 Å². The summed E-state index contributed by atoms with van der Waals surface area (Å²) in [5, 5.41) is 1.30. The number of amides is 2. The van der Waals surface area contributed by atoms with Crippen molar-refractivity contribution in [1.82, 2.24) is 9.88 Å². The van der Waals surface area contributed by atoms with Gasteiger partial charge < -0.3 is 9.80 Å². The fourth-order valence-corrected chi connectivity index (χ4v) is 5.31. The van der Waals surface area contributed by atoms with Crippen molar-refractivity contribution < 1.29 is 9.59 Å². The zero-order valence-electron chi connectivity index (χ0n) is 18.7. The van der Waals surface area contributed by atoms with Crippen molar-refractivity contribution in [1.29, 1.82) is 0 Å². The summed E-state index contributed by atoms with van der Waals surface area (Å²) in [5.41, 5.74) is 1.65. The molecule has 1 unspecified atom stereocenters. The number of carbonyl (C=O) groups is 2. The minimum Gasteiger partial charge on any atom is -0.312 e. The van der Waals surface area contributed by atoms with Crippen molar-refractivity contribution >= 4 is 68.2 Å². The summed E-state index contributed by atoms with van der Waals surface area (Å²) in [6.45, 7) is 7.73. The number of benzene rings is 2. The summed E-state index contributed by atoms with van der Waals surface area (Å²) in [6.07, 6.45) is 0.215.